The zero-order valence-corrected chi connectivity index (χ0v) is 17.7. The zero-order valence-electron chi connectivity index (χ0n) is 17.7. The van der Waals surface area contributed by atoms with Gasteiger partial charge in [-0.1, -0.05) is 29.8 Å². The molecule has 0 radical (unpaired) electrons. The molecule has 1 aromatic rings. The lowest BCUT2D eigenvalue weighted by Gasteiger charge is -2.19. The van der Waals surface area contributed by atoms with Crippen LogP contribution in [-0.4, -0.2) is 42.8 Å². The highest BCUT2D eigenvalue weighted by Gasteiger charge is 2.58. The summed E-state index contributed by atoms with van der Waals surface area (Å²) < 4.78 is 0. The van der Waals surface area contributed by atoms with Gasteiger partial charge in [-0.15, -0.1) is 0 Å². The number of guanidine groups is 1. The lowest BCUT2D eigenvalue weighted by atomic mass is 9.85. The van der Waals surface area contributed by atoms with E-state index in [1.54, 1.807) is 7.05 Å². The summed E-state index contributed by atoms with van der Waals surface area (Å²) in [6.07, 6.45) is 5.21. The van der Waals surface area contributed by atoms with Gasteiger partial charge in [-0.2, -0.15) is 0 Å². The average molecular weight is 395 g/mol. The van der Waals surface area contributed by atoms with Gasteiger partial charge in [0.2, 0.25) is 11.8 Å². The van der Waals surface area contributed by atoms with Gasteiger partial charge in [0.1, 0.15) is 0 Å². The first-order valence-electron chi connectivity index (χ1n) is 10.5. The zero-order chi connectivity index (χ0) is 20.7. The average Bonchev–Trinajstić information content (AvgIpc) is 3.35. The third-order valence-corrected chi connectivity index (χ3v) is 6.69. The maximum atomic E-state index is 12.7. The number of likely N-dealkylation sites (tertiary alicyclic amines) is 1. The molecular weight excluding hydrogens is 364 g/mol. The van der Waals surface area contributed by atoms with Crippen LogP contribution in [0.1, 0.15) is 28.7 Å². The minimum Gasteiger partial charge on any atom is -0.355 e. The fourth-order valence-corrected chi connectivity index (χ4v) is 5.35. The van der Waals surface area contributed by atoms with E-state index in [9.17, 15) is 9.59 Å². The van der Waals surface area contributed by atoms with Gasteiger partial charge in [0.25, 0.3) is 0 Å². The van der Waals surface area contributed by atoms with Crippen LogP contribution in [0.3, 0.4) is 0 Å². The van der Waals surface area contributed by atoms with E-state index < -0.39 is 0 Å². The number of hydrogen-bond donors (Lipinski definition) is 2. The second kappa shape index (κ2) is 7.65. The molecule has 1 saturated heterocycles. The molecule has 2 aliphatic carbocycles. The molecule has 0 spiro atoms. The first-order valence-corrected chi connectivity index (χ1v) is 10.5. The highest BCUT2D eigenvalue weighted by Crippen LogP contribution is 2.52. The third-order valence-electron chi connectivity index (χ3n) is 6.69. The molecule has 6 nitrogen and oxygen atoms in total. The number of nitrogens with one attached hydrogen (secondary N) is 2. The Hall–Kier alpha value is -2.63. The van der Waals surface area contributed by atoms with Crippen LogP contribution < -0.4 is 10.6 Å². The topological polar surface area (TPSA) is 73.8 Å². The fraction of sp³-hybridized carbons (Fsp3) is 0.522. The summed E-state index contributed by atoms with van der Waals surface area (Å²) in [5.41, 5.74) is 5.04. The molecule has 0 aromatic heterocycles. The standard InChI is InChI=1S/C23H30N4O2/c1-13-9-14(2)18(15(3)10-13)12-26-23(24-4)25-7-8-27-21(28)19-16-5-6-17(11-16)20(19)22(27)29/h5-6,9-10,16-17,19-20H,7-8,11-12H2,1-4H3,(H2,24,25,26). The fourth-order valence-electron chi connectivity index (χ4n) is 5.35. The summed E-state index contributed by atoms with van der Waals surface area (Å²) >= 11 is 0. The van der Waals surface area contributed by atoms with Gasteiger partial charge in [-0.25, -0.2) is 0 Å². The largest absolute Gasteiger partial charge is 0.355 e. The smallest absolute Gasteiger partial charge is 0.233 e. The molecule has 1 heterocycles. The molecule has 2 fully saturated rings. The van der Waals surface area contributed by atoms with Crippen molar-refractivity contribution < 1.29 is 9.59 Å². The molecule has 4 rings (SSSR count). The summed E-state index contributed by atoms with van der Waals surface area (Å²) in [6.45, 7) is 7.90. The second-order valence-corrected chi connectivity index (χ2v) is 8.56. The molecule has 2 N–H and O–H groups in total. The Morgan fingerprint density at radius 1 is 1.03 bits per heavy atom. The molecule has 2 bridgehead atoms. The number of rotatable bonds is 5. The van der Waals surface area contributed by atoms with E-state index in [0.717, 1.165) is 6.42 Å². The van der Waals surface area contributed by atoms with Crippen LogP contribution in [0, 0.1) is 44.4 Å². The van der Waals surface area contributed by atoms with Gasteiger partial charge >= 0.3 is 0 Å². The Balaban J connectivity index is 1.30. The minimum atomic E-state index is -0.123. The minimum absolute atomic E-state index is 0.00695. The molecule has 154 valence electrons. The van der Waals surface area contributed by atoms with E-state index in [1.807, 2.05) is 0 Å². The van der Waals surface area contributed by atoms with Crippen LogP contribution >= 0.6 is 0 Å². The molecule has 4 unspecified atom stereocenters. The lowest BCUT2D eigenvalue weighted by molar-refractivity contribution is -0.140. The monoisotopic (exact) mass is 394 g/mol. The van der Waals surface area contributed by atoms with Gasteiger partial charge in [0.05, 0.1) is 11.8 Å². The molecule has 2 amide bonds. The van der Waals surface area contributed by atoms with Crippen LogP contribution in [0.2, 0.25) is 0 Å². The molecule has 1 aliphatic heterocycles. The summed E-state index contributed by atoms with van der Waals surface area (Å²) in [4.78, 5) is 31.2. The van der Waals surface area contributed by atoms with Gasteiger partial charge in [0.15, 0.2) is 5.96 Å². The highest BCUT2D eigenvalue weighted by atomic mass is 16.2. The van der Waals surface area contributed by atoms with Crippen molar-refractivity contribution >= 4 is 17.8 Å². The predicted octanol–water partition coefficient (Wildman–Crippen LogP) is 2.08. The number of carbonyl (C=O) groups is 2. The molecular formula is C23H30N4O2. The van der Waals surface area contributed by atoms with Crippen molar-refractivity contribution in [3.05, 3.63) is 46.5 Å². The van der Waals surface area contributed by atoms with Crippen molar-refractivity contribution in [1.82, 2.24) is 15.5 Å². The number of imide groups is 1. The Morgan fingerprint density at radius 3 is 2.17 bits per heavy atom. The quantitative estimate of drug-likeness (QED) is 0.347. The normalized spacial score (nSPS) is 27.7. The lowest BCUT2D eigenvalue weighted by Crippen LogP contribution is -2.43. The summed E-state index contributed by atoms with van der Waals surface area (Å²) in [5.74, 6) is 0.958. The number of hydrogen-bond acceptors (Lipinski definition) is 3. The van der Waals surface area contributed by atoms with E-state index >= 15 is 0 Å². The maximum absolute atomic E-state index is 12.7. The number of aliphatic imine (C=N–C) groups is 1. The van der Waals surface area contributed by atoms with E-state index in [4.69, 9.17) is 0 Å². The Bertz CT molecular complexity index is 851. The summed E-state index contributed by atoms with van der Waals surface area (Å²) in [5, 5.41) is 6.58. The van der Waals surface area contributed by atoms with Crippen LogP contribution in [0.4, 0.5) is 0 Å². The maximum Gasteiger partial charge on any atom is 0.233 e. The van der Waals surface area contributed by atoms with Crippen molar-refractivity contribution in [1.29, 1.82) is 0 Å². The van der Waals surface area contributed by atoms with Crippen molar-refractivity contribution in [2.24, 2.45) is 28.7 Å². The molecule has 1 saturated carbocycles. The predicted molar refractivity (Wildman–Crippen MR) is 113 cm³/mol. The van der Waals surface area contributed by atoms with E-state index in [1.165, 1.54) is 27.2 Å². The summed E-state index contributed by atoms with van der Waals surface area (Å²) in [6, 6.07) is 4.37. The van der Waals surface area contributed by atoms with Crippen molar-refractivity contribution in [2.75, 3.05) is 20.1 Å². The first kappa shape index (κ1) is 19.7. The van der Waals surface area contributed by atoms with E-state index in [2.05, 4.69) is 60.7 Å². The molecule has 29 heavy (non-hydrogen) atoms. The Labute approximate surface area is 172 Å². The van der Waals surface area contributed by atoms with Gasteiger partial charge in [-0.3, -0.25) is 19.5 Å². The second-order valence-electron chi connectivity index (χ2n) is 8.56. The highest BCUT2D eigenvalue weighted by molar-refractivity contribution is 6.06. The molecule has 1 aromatic carbocycles. The van der Waals surface area contributed by atoms with Crippen LogP contribution in [0.15, 0.2) is 29.3 Å². The number of aryl methyl sites for hydroxylation is 3. The number of fused-ring (bicyclic) bond motifs is 5. The number of benzene rings is 1. The first-order chi connectivity index (χ1) is 13.9. The molecule has 4 atom stereocenters. The van der Waals surface area contributed by atoms with Gasteiger partial charge < -0.3 is 10.6 Å². The number of allylic oxidation sites excluding steroid dienone is 2. The van der Waals surface area contributed by atoms with E-state index in [0.29, 0.717) is 25.6 Å². The number of carbonyl (C=O) groups excluding carboxylic acids is 2. The van der Waals surface area contributed by atoms with Crippen LogP contribution in [0.25, 0.3) is 0 Å². The van der Waals surface area contributed by atoms with Crippen molar-refractivity contribution in [2.45, 2.75) is 33.7 Å². The van der Waals surface area contributed by atoms with Crippen LogP contribution in [0.5, 0.6) is 0 Å². The van der Waals surface area contributed by atoms with Gasteiger partial charge in [-0.05, 0) is 55.7 Å². The Morgan fingerprint density at radius 2 is 1.62 bits per heavy atom. The third kappa shape index (κ3) is 3.45. The SMILES string of the molecule is CN=C(NCCN1C(=O)C2C3C=CC(C3)C2C1=O)NCc1c(C)cc(C)cc1C. The number of amides is 2. The Kier molecular flexibility index (Phi) is 5.19. The van der Waals surface area contributed by atoms with Gasteiger partial charge in [0, 0.05) is 26.7 Å². The van der Waals surface area contributed by atoms with Crippen molar-refractivity contribution in [3.8, 4) is 0 Å². The molecule has 3 aliphatic rings. The van der Waals surface area contributed by atoms with Crippen molar-refractivity contribution in [3.63, 3.8) is 0 Å². The summed E-state index contributed by atoms with van der Waals surface area (Å²) in [7, 11) is 1.73. The molecule has 6 heteroatoms. The van der Waals surface area contributed by atoms with Crippen LogP contribution in [-0.2, 0) is 16.1 Å². The number of nitrogens with zero attached hydrogens (tertiary/aromatic N) is 2. The van der Waals surface area contributed by atoms with E-state index in [-0.39, 0.29) is 35.5 Å².